The Morgan fingerprint density at radius 3 is 0.552 bits per heavy atom. The maximum absolute atomic E-state index is 7.31. The molecule has 9 rings (SSSR count). The Morgan fingerprint density at radius 1 is 0.210 bits per heavy atom. The van der Waals surface area contributed by atoms with Crippen molar-refractivity contribution in [2.75, 3.05) is 26.4 Å². The molecule has 5 aromatic heterocycles. The van der Waals surface area contributed by atoms with Crippen molar-refractivity contribution >= 4 is 56.7 Å². The fourth-order valence-corrected chi connectivity index (χ4v) is 19.6. The van der Waals surface area contributed by atoms with Crippen molar-refractivity contribution < 1.29 is 18.9 Å². The summed E-state index contributed by atoms with van der Waals surface area (Å²) in [5, 5.41) is 4.39. The third kappa shape index (κ3) is 27.3. The van der Waals surface area contributed by atoms with Crippen LogP contribution >= 0.6 is 56.7 Å². The molecule has 4 nitrogen and oxygen atoms in total. The lowest BCUT2D eigenvalue weighted by Crippen LogP contribution is -2.01. The molecule has 0 N–H and O–H groups in total. The molecule has 0 radical (unpaired) electrons. The van der Waals surface area contributed by atoms with Gasteiger partial charge in [-0.05, 0) is 183 Å². The van der Waals surface area contributed by atoms with Gasteiger partial charge in [-0.15, -0.1) is 56.7 Å². The summed E-state index contributed by atoms with van der Waals surface area (Å²) in [6.07, 6.45) is 51.8. The first-order valence-corrected chi connectivity index (χ1v) is 46.4. The molecule has 0 aliphatic heterocycles. The van der Waals surface area contributed by atoms with Crippen LogP contribution in [-0.2, 0) is 0 Å². The highest BCUT2D eigenvalue weighted by atomic mass is 32.1. The highest BCUT2D eigenvalue weighted by Gasteiger charge is 2.25. The first-order valence-electron chi connectivity index (χ1n) is 42.2. The Labute approximate surface area is 658 Å². The largest absolute Gasteiger partial charge is 0.492 e. The van der Waals surface area contributed by atoms with E-state index >= 15 is 0 Å². The van der Waals surface area contributed by atoms with Gasteiger partial charge in [0.15, 0.2) is 0 Å². The molecular weight excluding hydrogens is 1380 g/mol. The van der Waals surface area contributed by atoms with E-state index in [1.54, 1.807) is 22.7 Å². The van der Waals surface area contributed by atoms with Crippen molar-refractivity contribution in [2.24, 2.45) is 0 Å². The van der Waals surface area contributed by atoms with E-state index in [0.717, 1.165) is 84.1 Å². The maximum atomic E-state index is 7.31. The normalized spacial score (nSPS) is 11.6. The van der Waals surface area contributed by atoms with E-state index < -0.39 is 0 Å². The van der Waals surface area contributed by atoms with Crippen LogP contribution in [-0.4, -0.2) is 26.4 Å². The first kappa shape index (κ1) is 83.6. The second-order valence-electron chi connectivity index (χ2n) is 30.3. The van der Waals surface area contributed by atoms with Gasteiger partial charge in [-0.2, -0.15) is 0 Å². The molecule has 0 saturated heterocycles. The molecule has 4 aromatic carbocycles. The van der Waals surface area contributed by atoms with Crippen LogP contribution in [0.25, 0.3) is 83.5 Å². The summed E-state index contributed by atoms with van der Waals surface area (Å²) in [6.45, 7) is 21.0. The van der Waals surface area contributed by atoms with Crippen LogP contribution in [0.3, 0.4) is 0 Å². The summed E-state index contributed by atoms with van der Waals surface area (Å²) < 4.78 is 28.7. The zero-order valence-electron chi connectivity index (χ0n) is 66.3. The predicted octanol–water partition coefficient (Wildman–Crippen LogP) is 33.8. The minimum Gasteiger partial charge on any atom is -0.492 e. The third-order valence-electron chi connectivity index (χ3n) is 20.9. The lowest BCUT2D eigenvalue weighted by atomic mass is 10.0. The molecule has 9 heteroatoms. The number of thiophene rings is 5. The predicted molar refractivity (Wildman–Crippen MR) is 468 cm³/mol. The minimum atomic E-state index is 0.681. The van der Waals surface area contributed by atoms with Crippen molar-refractivity contribution in [3.8, 4) is 107 Å². The summed E-state index contributed by atoms with van der Waals surface area (Å²) in [5.74, 6) is 3.99. The SMILES string of the molecule is CCCCCCCCCCCCOc1c(-c2cccs2)cc(C)cc1-c1ccc(-c2cc(C)cc(-c3ccc(-c4cc(C)cc(-c5ccc(-c6cc(C)cc(-c7cccs7)c6OCCCCCCCCCCCC)s5)c4OCCCCCCCCCCCC)s3)c2OCCCCCCCCCCCC)s1. The summed E-state index contributed by atoms with van der Waals surface area (Å²) in [7, 11) is 0. The molecule has 5 heterocycles. The van der Waals surface area contributed by atoms with Crippen molar-refractivity contribution in [3.05, 3.63) is 142 Å². The number of unbranched alkanes of at least 4 members (excludes halogenated alkanes) is 36. The second kappa shape index (κ2) is 48.2. The maximum Gasteiger partial charge on any atom is 0.136 e. The van der Waals surface area contributed by atoms with Crippen molar-refractivity contribution in [3.63, 3.8) is 0 Å². The topological polar surface area (TPSA) is 36.9 Å². The van der Waals surface area contributed by atoms with Crippen molar-refractivity contribution in [2.45, 2.75) is 312 Å². The van der Waals surface area contributed by atoms with Gasteiger partial charge in [-0.1, -0.05) is 271 Å². The highest BCUT2D eigenvalue weighted by molar-refractivity contribution is 7.20. The van der Waals surface area contributed by atoms with Crippen LogP contribution < -0.4 is 18.9 Å². The molecule has 0 aliphatic carbocycles. The Hall–Kier alpha value is -5.42. The molecule has 0 spiro atoms. The van der Waals surface area contributed by atoms with Gasteiger partial charge < -0.3 is 18.9 Å². The molecule has 9 aromatic rings. The fraction of sp³-hybridized carbons (Fsp3) is 0.542. The zero-order chi connectivity index (χ0) is 73.5. The van der Waals surface area contributed by atoms with Crippen molar-refractivity contribution in [1.29, 1.82) is 0 Å². The van der Waals surface area contributed by atoms with Crippen LogP contribution in [0.4, 0.5) is 0 Å². The van der Waals surface area contributed by atoms with Gasteiger partial charge in [0, 0.05) is 83.5 Å². The average Bonchev–Trinajstić information content (AvgIpc) is 1.69. The van der Waals surface area contributed by atoms with Gasteiger partial charge >= 0.3 is 0 Å². The summed E-state index contributed by atoms with van der Waals surface area (Å²) >= 11 is 9.22. The van der Waals surface area contributed by atoms with Crippen LogP contribution in [0.5, 0.6) is 23.0 Å². The second-order valence-corrected chi connectivity index (χ2v) is 35.5. The molecular formula is C96H132O4S5. The quantitative estimate of drug-likeness (QED) is 0.0356. The van der Waals surface area contributed by atoms with Crippen LogP contribution in [0.1, 0.15) is 307 Å². The lowest BCUT2D eigenvalue weighted by Gasteiger charge is -2.18. The van der Waals surface area contributed by atoms with Crippen molar-refractivity contribution in [1.82, 2.24) is 0 Å². The van der Waals surface area contributed by atoms with Gasteiger partial charge in [0.25, 0.3) is 0 Å². The third-order valence-corrected chi connectivity index (χ3v) is 26.2. The monoisotopic (exact) mass is 1510 g/mol. The van der Waals surface area contributed by atoms with E-state index in [4.69, 9.17) is 18.9 Å². The molecule has 0 aliphatic rings. The molecule has 0 fully saturated rings. The fourth-order valence-electron chi connectivity index (χ4n) is 15.0. The smallest absolute Gasteiger partial charge is 0.136 e. The Balaban J connectivity index is 1.03. The number of ether oxygens (including phenoxy) is 4. The van der Waals surface area contributed by atoms with E-state index in [1.165, 1.54) is 315 Å². The first-order chi connectivity index (χ1) is 51.7. The number of hydrogen-bond acceptors (Lipinski definition) is 9. The van der Waals surface area contributed by atoms with Gasteiger partial charge in [0.2, 0.25) is 0 Å². The summed E-state index contributed by atoms with van der Waals surface area (Å²) in [5.41, 5.74) is 14.3. The van der Waals surface area contributed by atoms with Crippen LogP contribution in [0.15, 0.2) is 120 Å². The number of benzene rings is 4. The molecule has 0 unspecified atom stereocenters. The van der Waals surface area contributed by atoms with E-state index in [-0.39, 0.29) is 0 Å². The Bertz CT molecular complexity index is 3590. The Morgan fingerprint density at radius 2 is 0.381 bits per heavy atom. The molecule has 0 amide bonds. The lowest BCUT2D eigenvalue weighted by molar-refractivity contribution is 0.306. The molecule has 0 atom stereocenters. The minimum absolute atomic E-state index is 0.681. The van der Waals surface area contributed by atoms with Crippen LogP contribution in [0.2, 0.25) is 0 Å². The molecule has 570 valence electrons. The highest BCUT2D eigenvalue weighted by Crippen LogP contribution is 2.53. The van der Waals surface area contributed by atoms with Crippen LogP contribution in [0, 0.1) is 27.7 Å². The van der Waals surface area contributed by atoms with Gasteiger partial charge in [0.05, 0.1) is 26.4 Å². The van der Waals surface area contributed by atoms with Gasteiger partial charge in [-0.3, -0.25) is 0 Å². The standard InChI is InChI=1S/C96H132O4S5/c1-9-13-17-21-25-29-33-37-41-45-59-97-93-77(85-51-49-63-101-85)65-73(5)67-79(93)87-53-55-89(103-87)81-69-75(7)71-83(95(81)99-61-47-43-39-35-31-27-23-19-15-11-3)91-57-58-92(105-91)84-72-76(8)70-82(96(84)100-62-48-44-40-36-32-28-24-20-16-12-4)90-56-54-88(104-90)80-68-74(6)66-78(86-52-50-64-102-86)94(80)98-60-46-42-38-34-30-26-22-18-14-10-2/h49-58,63-72H,9-48,59-62H2,1-8H3. The molecule has 105 heavy (non-hydrogen) atoms. The van der Waals surface area contributed by atoms with E-state index in [0.29, 0.717) is 13.2 Å². The van der Waals surface area contributed by atoms with Gasteiger partial charge in [0.1, 0.15) is 23.0 Å². The number of rotatable bonds is 56. The van der Waals surface area contributed by atoms with Gasteiger partial charge in [-0.25, -0.2) is 0 Å². The average molecular weight is 1510 g/mol. The summed E-state index contributed by atoms with van der Waals surface area (Å²) in [4.78, 5) is 9.80. The summed E-state index contributed by atoms with van der Waals surface area (Å²) in [6, 6.07) is 41.9. The zero-order valence-corrected chi connectivity index (χ0v) is 70.4. The number of aryl methyl sites for hydroxylation is 4. The van der Waals surface area contributed by atoms with E-state index in [1.807, 2.05) is 34.0 Å². The molecule has 0 saturated carbocycles. The number of hydrogen-bond donors (Lipinski definition) is 0. The van der Waals surface area contributed by atoms with E-state index in [2.05, 4.69) is 175 Å². The Kier molecular flexibility index (Phi) is 38.4. The van der Waals surface area contributed by atoms with E-state index in [9.17, 15) is 0 Å². The molecule has 0 bridgehead atoms.